The van der Waals surface area contributed by atoms with Crippen molar-refractivity contribution < 1.29 is 14.4 Å². The SMILES string of the molecule is C[Si](C)(C)CCOCn1cc(I)c2c(Oc3cccc([N+](=O)[O-])c3)nc(Cl)nc21. The van der Waals surface area contributed by atoms with Gasteiger partial charge in [0, 0.05) is 30.5 Å². The third-order valence-corrected chi connectivity index (χ3v) is 6.77. The van der Waals surface area contributed by atoms with Gasteiger partial charge in [-0.3, -0.25) is 10.1 Å². The molecule has 0 unspecified atom stereocenters. The van der Waals surface area contributed by atoms with Crippen LogP contribution in [0, 0.1) is 13.7 Å². The van der Waals surface area contributed by atoms with E-state index in [4.69, 9.17) is 21.1 Å². The summed E-state index contributed by atoms with van der Waals surface area (Å²) in [6.07, 6.45) is 1.89. The maximum atomic E-state index is 11.0. The summed E-state index contributed by atoms with van der Waals surface area (Å²) in [5.41, 5.74) is 0.518. The van der Waals surface area contributed by atoms with Gasteiger partial charge in [0.15, 0.2) is 5.65 Å². The predicted molar refractivity (Wildman–Crippen MR) is 123 cm³/mol. The molecule has 3 aromatic rings. The summed E-state index contributed by atoms with van der Waals surface area (Å²) in [4.78, 5) is 19.0. The van der Waals surface area contributed by atoms with E-state index in [1.165, 1.54) is 12.1 Å². The Labute approximate surface area is 187 Å². The van der Waals surface area contributed by atoms with E-state index in [9.17, 15) is 10.1 Å². The van der Waals surface area contributed by atoms with Gasteiger partial charge >= 0.3 is 0 Å². The standard InChI is InChI=1S/C18H20ClIN4O4Si/c1-29(2,3)8-7-27-11-23-10-14(20)15-16(23)21-18(19)22-17(15)28-13-6-4-5-12(9-13)24(25)26/h4-6,9-10H,7-8,11H2,1-3H3. The highest BCUT2D eigenvalue weighted by molar-refractivity contribution is 14.1. The number of nitro benzene ring substituents is 1. The summed E-state index contributed by atoms with van der Waals surface area (Å²) in [5.74, 6) is 0.538. The Morgan fingerprint density at radius 3 is 2.76 bits per heavy atom. The van der Waals surface area contributed by atoms with Crippen LogP contribution in [0.25, 0.3) is 11.0 Å². The fourth-order valence-electron chi connectivity index (χ4n) is 2.57. The van der Waals surface area contributed by atoms with E-state index in [0.29, 0.717) is 30.1 Å². The number of aromatic nitrogens is 3. The molecule has 0 N–H and O–H groups in total. The highest BCUT2D eigenvalue weighted by atomic mass is 127. The molecule has 0 atom stereocenters. The maximum absolute atomic E-state index is 11.0. The average molecular weight is 547 g/mol. The van der Waals surface area contributed by atoms with Crippen molar-refractivity contribution in [2.75, 3.05) is 6.61 Å². The molecule has 0 saturated carbocycles. The summed E-state index contributed by atoms with van der Waals surface area (Å²) < 4.78 is 14.4. The van der Waals surface area contributed by atoms with Crippen molar-refractivity contribution in [3.63, 3.8) is 0 Å². The Morgan fingerprint density at radius 2 is 2.07 bits per heavy atom. The number of non-ortho nitro benzene ring substituents is 1. The molecule has 29 heavy (non-hydrogen) atoms. The van der Waals surface area contributed by atoms with Crippen molar-refractivity contribution in [2.24, 2.45) is 0 Å². The van der Waals surface area contributed by atoms with Crippen LogP contribution in [-0.2, 0) is 11.5 Å². The van der Waals surface area contributed by atoms with E-state index in [2.05, 4.69) is 52.2 Å². The molecule has 0 fully saturated rings. The summed E-state index contributed by atoms with van der Waals surface area (Å²) in [6.45, 7) is 7.92. The zero-order valence-corrected chi connectivity index (χ0v) is 20.1. The molecular formula is C18H20ClIN4O4Si. The normalized spacial score (nSPS) is 11.8. The van der Waals surface area contributed by atoms with Crippen molar-refractivity contribution in [2.45, 2.75) is 32.4 Å². The third-order valence-electron chi connectivity index (χ3n) is 4.08. The van der Waals surface area contributed by atoms with E-state index < -0.39 is 13.0 Å². The minimum atomic E-state index is -1.17. The molecule has 0 aliphatic carbocycles. The molecule has 0 amide bonds. The Balaban J connectivity index is 1.88. The van der Waals surface area contributed by atoms with Crippen molar-refractivity contribution in [3.8, 4) is 11.6 Å². The second-order valence-electron chi connectivity index (χ2n) is 7.65. The number of hydrogen-bond acceptors (Lipinski definition) is 6. The van der Waals surface area contributed by atoms with E-state index in [-0.39, 0.29) is 16.9 Å². The smallest absolute Gasteiger partial charge is 0.273 e. The molecule has 3 rings (SSSR count). The van der Waals surface area contributed by atoms with Crippen LogP contribution >= 0.6 is 34.2 Å². The number of benzene rings is 1. The van der Waals surface area contributed by atoms with Crippen molar-refractivity contribution in [3.05, 3.63) is 49.4 Å². The monoisotopic (exact) mass is 546 g/mol. The largest absolute Gasteiger partial charge is 0.438 e. The molecule has 154 valence electrons. The number of nitrogens with zero attached hydrogens (tertiary/aromatic N) is 4. The second-order valence-corrected chi connectivity index (χ2v) is 14.8. The minimum absolute atomic E-state index is 0.0239. The first kappa shape index (κ1) is 21.9. The van der Waals surface area contributed by atoms with Crippen molar-refractivity contribution in [1.29, 1.82) is 0 Å². The molecule has 0 aliphatic heterocycles. The first-order chi connectivity index (χ1) is 13.6. The van der Waals surface area contributed by atoms with Gasteiger partial charge in [0.1, 0.15) is 12.5 Å². The maximum Gasteiger partial charge on any atom is 0.273 e. The molecule has 0 radical (unpaired) electrons. The molecule has 8 nitrogen and oxygen atoms in total. The predicted octanol–water partition coefficient (Wildman–Crippen LogP) is 5.70. The van der Waals surface area contributed by atoms with Crippen LogP contribution in [-0.4, -0.2) is 34.1 Å². The number of nitro groups is 1. The summed E-state index contributed by atoms with van der Waals surface area (Å²) in [6, 6.07) is 6.98. The Hall–Kier alpha value is -1.76. The number of halogens is 2. The van der Waals surface area contributed by atoms with Gasteiger partial charge in [-0.2, -0.15) is 9.97 Å². The van der Waals surface area contributed by atoms with Gasteiger partial charge < -0.3 is 14.0 Å². The fourth-order valence-corrected chi connectivity index (χ4v) is 4.29. The van der Waals surface area contributed by atoms with Crippen LogP contribution in [0.1, 0.15) is 0 Å². The third kappa shape index (κ3) is 5.65. The lowest BCUT2D eigenvalue weighted by Crippen LogP contribution is -2.22. The lowest BCUT2D eigenvalue weighted by atomic mass is 10.3. The Morgan fingerprint density at radius 1 is 1.31 bits per heavy atom. The molecule has 1 aromatic carbocycles. The van der Waals surface area contributed by atoms with Crippen LogP contribution in [0.2, 0.25) is 31.0 Å². The highest BCUT2D eigenvalue weighted by Gasteiger charge is 2.19. The van der Waals surface area contributed by atoms with Gasteiger partial charge in [0.05, 0.1) is 16.4 Å². The van der Waals surface area contributed by atoms with Gasteiger partial charge in [-0.1, -0.05) is 25.7 Å². The number of ether oxygens (including phenoxy) is 2. The van der Waals surface area contributed by atoms with Crippen LogP contribution in [0.15, 0.2) is 30.5 Å². The van der Waals surface area contributed by atoms with Crippen molar-refractivity contribution in [1.82, 2.24) is 14.5 Å². The molecular weight excluding hydrogens is 527 g/mol. The Kier molecular flexibility index (Phi) is 6.76. The summed E-state index contributed by atoms with van der Waals surface area (Å²) >= 11 is 8.28. The Bertz CT molecular complexity index is 1050. The summed E-state index contributed by atoms with van der Waals surface area (Å²) in [7, 11) is -1.17. The molecule has 0 bridgehead atoms. The zero-order valence-electron chi connectivity index (χ0n) is 16.2. The van der Waals surface area contributed by atoms with Crippen molar-refractivity contribution >= 4 is 59.0 Å². The van der Waals surface area contributed by atoms with Crippen LogP contribution in [0.4, 0.5) is 5.69 Å². The average Bonchev–Trinajstić information content (AvgIpc) is 2.94. The number of rotatable bonds is 8. The van der Waals surface area contributed by atoms with E-state index in [1.54, 1.807) is 12.1 Å². The molecule has 2 heterocycles. The number of hydrogen-bond donors (Lipinski definition) is 0. The lowest BCUT2D eigenvalue weighted by Gasteiger charge is -2.15. The fraction of sp³-hybridized carbons (Fsp3) is 0.333. The van der Waals surface area contributed by atoms with Gasteiger partial charge in [0.25, 0.3) is 5.69 Å². The number of fused-ring (bicyclic) bond motifs is 1. The van der Waals surface area contributed by atoms with Gasteiger partial charge in [0.2, 0.25) is 11.2 Å². The first-order valence-corrected chi connectivity index (χ1v) is 14.0. The van der Waals surface area contributed by atoms with Gasteiger partial charge in [-0.05, 0) is 46.3 Å². The minimum Gasteiger partial charge on any atom is -0.438 e. The molecule has 2 aromatic heterocycles. The first-order valence-electron chi connectivity index (χ1n) is 8.86. The van der Waals surface area contributed by atoms with E-state index >= 15 is 0 Å². The van der Waals surface area contributed by atoms with Gasteiger partial charge in [-0.15, -0.1) is 0 Å². The van der Waals surface area contributed by atoms with E-state index in [1.807, 2.05) is 10.8 Å². The van der Waals surface area contributed by atoms with Gasteiger partial charge in [-0.25, -0.2) is 0 Å². The van der Waals surface area contributed by atoms with E-state index in [0.717, 1.165) is 9.61 Å². The summed E-state index contributed by atoms with van der Waals surface area (Å²) in [5, 5.41) is 11.7. The molecule has 0 aliphatic rings. The van der Waals surface area contributed by atoms with Crippen LogP contribution in [0.3, 0.4) is 0 Å². The topological polar surface area (TPSA) is 92.3 Å². The second kappa shape index (κ2) is 8.94. The quantitative estimate of drug-likeness (QED) is 0.0898. The van der Waals surface area contributed by atoms with Crippen LogP contribution in [0.5, 0.6) is 11.6 Å². The van der Waals surface area contributed by atoms with Crippen LogP contribution < -0.4 is 4.74 Å². The molecule has 0 spiro atoms. The zero-order chi connectivity index (χ0) is 21.2. The lowest BCUT2D eigenvalue weighted by molar-refractivity contribution is -0.384. The highest BCUT2D eigenvalue weighted by Crippen LogP contribution is 2.34. The molecule has 0 saturated heterocycles. The molecule has 11 heteroatoms.